The maximum absolute atomic E-state index is 13.2. The van der Waals surface area contributed by atoms with Gasteiger partial charge in [-0.05, 0) is 31.2 Å². The number of sulfonamides is 1. The fraction of sp³-hybridized carbons (Fsp3) is 0.556. The molecule has 2 aliphatic rings. The molecule has 0 bridgehead atoms. The summed E-state index contributed by atoms with van der Waals surface area (Å²) in [4.78, 5) is 27.7. The molecule has 1 aromatic rings. The minimum Gasteiger partial charge on any atom is -0.342 e. The third-order valence-electron chi connectivity index (χ3n) is 5.31. The Morgan fingerprint density at radius 2 is 2.00 bits per heavy atom. The zero-order valence-electron chi connectivity index (χ0n) is 16.3. The van der Waals surface area contributed by atoms with Crippen molar-refractivity contribution in [2.75, 3.05) is 19.8 Å². The van der Waals surface area contributed by atoms with Crippen LogP contribution in [0, 0.1) is 11.8 Å². The molecule has 3 heterocycles. The van der Waals surface area contributed by atoms with Crippen LogP contribution in [0.3, 0.4) is 0 Å². The number of aromatic nitrogens is 1. The van der Waals surface area contributed by atoms with Gasteiger partial charge in [-0.15, -0.1) is 0 Å². The Bertz CT molecular complexity index is 916. The number of hydrogen-bond donors (Lipinski definition) is 1. The highest BCUT2D eigenvalue weighted by Crippen LogP contribution is 2.41. The van der Waals surface area contributed by atoms with Gasteiger partial charge in [0.15, 0.2) is 0 Å². The zero-order valence-corrected chi connectivity index (χ0v) is 17.1. The van der Waals surface area contributed by atoms with Crippen LogP contribution in [0.15, 0.2) is 23.9 Å². The molecule has 1 aromatic heterocycles. The van der Waals surface area contributed by atoms with Crippen molar-refractivity contribution in [1.29, 1.82) is 0 Å². The summed E-state index contributed by atoms with van der Waals surface area (Å²) < 4.78 is 27.1. The van der Waals surface area contributed by atoms with Crippen molar-refractivity contribution in [2.45, 2.75) is 26.4 Å². The molecule has 2 atom stereocenters. The van der Waals surface area contributed by atoms with Crippen molar-refractivity contribution in [1.82, 2.24) is 19.1 Å². The third-order valence-corrected chi connectivity index (χ3v) is 6.36. The lowest BCUT2D eigenvalue weighted by Crippen LogP contribution is -2.43. The molecule has 1 N–H and O–H groups in total. The van der Waals surface area contributed by atoms with Crippen LogP contribution in [-0.2, 0) is 28.4 Å². The first-order chi connectivity index (χ1) is 12.6. The van der Waals surface area contributed by atoms with E-state index in [9.17, 15) is 18.0 Å². The fourth-order valence-electron chi connectivity index (χ4n) is 4.05. The summed E-state index contributed by atoms with van der Waals surface area (Å²) in [7, 11) is -0.0716. The molecule has 0 spiro atoms. The second-order valence-electron chi connectivity index (χ2n) is 7.47. The van der Waals surface area contributed by atoms with Crippen LogP contribution < -0.4 is 5.32 Å². The van der Waals surface area contributed by atoms with E-state index in [1.165, 1.54) is 0 Å². The van der Waals surface area contributed by atoms with Gasteiger partial charge < -0.3 is 14.8 Å². The smallest absolute Gasteiger partial charge is 0.271 e. The van der Waals surface area contributed by atoms with E-state index in [-0.39, 0.29) is 18.4 Å². The van der Waals surface area contributed by atoms with Crippen molar-refractivity contribution in [3.8, 4) is 0 Å². The van der Waals surface area contributed by atoms with Gasteiger partial charge in [0.25, 0.3) is 5.91 Å². The summed E-state index contributed by atoms with van der Waals surface area (Å²) in [5, 5.41) is 3.06. The number of nitrogens with zero attached hydrogens (tertiary/aromatic N) is 3. The maximum atomic E-state index is 13.2. The molecule has 0 saturated carbocycles. The van der Waals surface area contributed by atoms with Gasteiger partial charge in [-0.3, -0.25) is 9.59 Å². The van der Waals surface area contributed by atoms with Gasteiger partial charge >= 0.3 is 0 Å². The molecule has 2 aliphatic heterocycles. The summed E-state index contributed by atoms with van der Waals surface area (Å²) in [6.07, 6.45) is 2.71. The lowest BCUT2D eigenvalue weighted by Gasteiger charge is -2.29. The first-order valence-corrected chi connectivity index (χ1v) is 10.8. The Kier molecular flexibility index (Phi) is 4.94. The summed E-state index contributed by atoms with van der Waals surface area (Å²) in [5.74, 6) is -1.33. The summed E-state index contributed by atoms with van der Waals surface area (Å²) in [6, 6.07) is 3.10. The minimum absolute atomic E-state index is 0.0979. The Labute approximate surface area is 159 Å². The molecule has 27 heavy (non-hydrogen) atoms. The quantitative estimate of drug-likeness (QED) is 0.786. The van der Waals surface area contributed by atoms with Crippen LogP contribution in [0.2, 0.25) is 0 Å². The number of amides is 2. The fourth-order valence-corrected chi connectivity index (χ4v) is 5.07. The predicted molar refractivity (Wildman–Crippen MR) is 101 cm³/mol. The van der Waals surface area contributed by atoms with Crippen molar-refractivity contribution in [2.24, 2.45) is 18.9 Å². The largest absolute Gasteiger partial charge is 0.342 e. The normalized spacial score (nSPS) is 22.6. The monoisotopic (exact) mass is 394 g/mol. The van der Waals surface area contributed by atoms with E-state index < -0.39 is 27.9 Å². The van der Waals surface area contributed by atoms with E-state index >= 15 is 0 Å². The van der Waals surface area contributed by atoms with Gasteiger partial charge in [0.05, 0.1) is 23.9 Å². The molecular weight excluding hydrogens is 368 g/mol. The van der Waals surface area contributed by atoms with Crippen LogP contribution in [0.1, 0.15) is 30.0 Å². The zero-order chi connectivity index (χ0) is 20.1. The van der Waals surface area contributed by atoms with E-state index in [1.807, 2.05) is 38.6 Å². The topological polar surface area (TPSA) is 91.7 Å². The molecule has 0 radical (unpaired) electrons. The Morgan fingerprint density at radius 1 is 1.33 bits per heavy atom. The van der Waals surface area contributed by atoms with Gasteiger partial charge in [0.1, 0.15) is 5.69 Å². The number of carbonyl (C=O) groups excluding carboxylic acids is 2. The number of carbonyl (C=O) groups is 2. The second kappa shape index (κ2) is 6.79. The molecule has 2 amide bonds. The van der Waals surface area contributed by atoms with Crippen LogP contribution in [0.4, 0.5) is 0 Å². The Hall–Kier alpha value is -2.13. The highest BCUT2D eigenvalue weighted by atomic mass is 32.2. The second-order valence-corrected chi connectivity index (χ2v) is 9.30. The third kappa shape index (κ3) is 3.08. The number of nitrogens with one attached hydrogen (secondary N) is 1. The molecule has 0 aromatic carbocycles. The van der Waals surface area contributed by atoms with Gasteiger partial charge in [-0.1, -0.05) is 13.8 Å². The van der Waals surface area contributed by atoms with Gasteiger partial charge in [0.2, 0.25) is 15.9 Å². The van der Waals surface area contributed by atoms with Gasteiger partial charge in [-0.25, -0.2) is 12.7 Å². The van der Waals surface area contributed by atoms with Crippen molar-refractivity contribution in [3.05, 3.63) is 35.3 Å². The lowest BCUT2D eigenvalue weighted by atomic mass is 9.89. The van der Waals surface area contributed by atoms with Crippen molar-refractivity contribution in [3.63, 3.8) is 0 Å². The van der Waals surface area contributed by atoms with Crippen LogP contribution in [0.5, 0.6) is 0 Å². The maximum Gasteiger partial charge on any atom is 0.271 e. The average molecular weight is 394 g/mol. The van der Waals surface area contributed by atoms with E-state index in [4.69, 9.17) is 0 Å². The molecule has 0 unspecified atom stereocenters. The van der Waals surface area contributed by atoms with E-state index in [0.717, 1.165) is 16.3 Å². The van der Waals surface area contributed by atoms with Crippen molar-refractivity contribution >= 4 is 21.8 Å². The Balaban J connectivity index is 1.98. The number of fused-ring (bicyclic) bond motifs is 1. The molecule has 1 saturated heterocycles. The standard InChI is InChI=1S/C18H26N4O4S/c1-11(2)15-16-13(22(18(15)24)27(5,25)26)8-9-21(16)17(23)14-7-6-12(10-19-3)20(14)4/h6-8,11,15-16,19H,9-10H2,1-5H3/t15-,16+/m0/s1. The first kappa shape index (κ1) is 19.6. The summed E-state index contributed by atoms with van der Waals surface area (Å²) in [6.45, 7) is 4.67. The Morgan fingerprint density at radius 3 is 2.56 bits per heavy atom. The van der Waals surface area contributed by atoms with E-state index in [0.29, 0.717) is 17.9 Å². The number of rotatable bonds is 5. The highest BCUT2D eigenvalue weighted by molar-refractivity contribution is 7.89. The lowest BCUT2D eigenvalue weighted by molar-refractivity contribution is -0.128. The average Bonchev–Trinajstić information content (AvgIpc) is 3.19. The molecule has 148 valence electrons. The molecule has 0 aliphatic carbocycles. The predicted octanol–water partition coefficient (Wildman–Crippen LogP) is 0.527. The van der Waals surface area contributed by atoms with Gasteiger partial charge in [0, 0.05) is 25.8 Å². The van der Waals surface area contributed by atoms with Crippen LogP contribution in [-0.4, -0.2) is 59.9 Å². The van der Waals surface area contributed by atoms with Crippen LogP contribution in [0.25, 0.3) is 0 Å². The van der Waals surface area contributed by atoms with Crippen molar-refractivity contribution < 1.29 is 18.0 Å². The minimum atomic E-state index is -3.73. The molecular formula is C18H26N4O4S. The molecule has 8 nitrogen and oxygen atoms in total. The highest BCUT2D eigenvalue weighted by Gasteiger charge is 2.54. The summed E-state index contributed by atoms with van der Waals surface area (Å²) >= 11 is 0. The molecule has 9 heteroatoms. The molecule has 1 fully saturated rings. The summed E-state index contributed by atoms with van der Waals surface area (Å²) in [5.41, 5.74) is 1.88. The van der Waals surface area contributed by atoms with E-state index in [1.54, 1.807) is 17.0 Å². The van der Waals surface area contributed by atoms with E-state index in [2.05, 4.69) is 5.32 Å². The number of hydrogen-bond acceptors (Lipinski definition) is 5. The first-order valence-electron chi connectivity index (χ1n) is 8.94. The van der Waals surface area contributed by atoms with Gasteiger partial charge in [-0.2, -0.15) is 0 Å². The molecule has 3 rings (SSSR count). The van der Waals surface area contributed by atoms with Crippen LogP contribution >= 0.6 is 0 Å². The SMILES string of the molecule is CNCc1ccc(C(=O)N2CC=C3[C@@H]2[C@H](C(C)C)C(=O)N3S(C)(=O)=O)n1C.